The zero-order valence-electron chi connectivity index (χ0n) is 9.95. The fourth-order valence-corrected chi connectivity index (χ4v) is 1.67. The number of halogens is 4. The maximum atomic E-state index is 12.2. The second-order valence-corrected chi connectivity index (χ2v) is 4.29. The molecule has 0 amide bonds. The van der Waals surface area contributed by atoms with Crippen molar-refractivity contribution in [1.29, 1.82) is 0 Å². The molecule has 0 saturated carbocycles. The summed E-state index contributed by atoms with van der Waals surface area (Å²) in [6.45, 7) is 0. The highest BCUT2D eigenvalue weighted by Gasteiger charge is 2.39. The smallest absolute Gasteiger partial charge is 0.454 e. The average molecular weight is 301 g/mol. The summed E-state index contributed by atoms with van der Waals surface area (Å²) in [5.41, 5.74) is -0.441. The quantitative estimate of drug-likeness (QED) is 0.755. The molecule has 0 saturated heterocycles. The lowest BCUT2D eigenvalue weighted by atomic mass is 10.1. The molecule has 2 aromatic carbocycles. The molecular weight excluding hydrogens is 293 g/mol. The van der Waals surface area contributed by atoms with Crippen LogP contribution >= 0.6 is 11.6 Å². The first kappa shape index (κ1) is 14.4. The fourth-order valence-electron chi connectivity index (χ4n) is 1.49. The van der Waals surface area contributed by atoms with Gasteiger partial charge in [0.1, 0.15) is 11.5 Å². The van der Waals surface area contributed by atoms with Crippen LogP contribution in [0, 0.1) is 0 Å². The van der Waals surface area contributed by atoms with E-state index in [0.717, 1.165) is 12.1 Å². The molecule has 2 rings (SSSR count). The molecule has 0 N–H and O–H groups in total. The van der Waals surface area contributed by atoms with Gasteiger partial charge in [-0.3, -0.25) is 4.79 Å². The third kappa shape index (κ3) is 3.30. The molecule has 0 aromatic heterocycles. The minimum Gasteiger partial charge on any atom is -0.456 e. The molecule has 0 aliphatic heterocycles. The highest BCUT2D eigenvalue weighted by Crippen LogP contribution is 2.29. The fraction of sp³-hybridized carbons (Fsp3) is 0.0714. The van der Waals surface area contributed by atoms with Crippen molar-refractivity contribution in [3.63, 3.8) is 0 Å². The molecule has 2 nitrogen and oxygen atoms in total. The second kappa shape index (κ2) is 5.54. The Morgan fingerprint density at radius 1 is 1.00 bits per heavy atom. The number of rotatable bonds is 3. The Morgan fingerprint density at radius 2 is 1.60 bits per heavy atom. The van der Waals surface area contributed by atoms with Crippen LogP contribution in [-0.4, -0.2) is 12.0 Å². The molecule has 0 heterocycles. The number of hydrogen-bond donors (Lipinski definition) is 0. The van der Waals surface area contributed by atoms with E-state index in [4.69, 9.17) is 16.3 Å². The van der Waals surface area contributed by atoms with Gasteiger partial charge in [0.25, 0.3) is 5.78 Å². The molecule has 104 valence electrons. The SMILES string of the molecule is O=C(c1ccc(Oc2ccccc2Cl)cc1)C(F)(F)F. The Labute approximate surface area is 117 Å². The van der Waals surface area contributed by atoms with Gasteiger partial charge in [0.15, 0.2) is 0 Å². The normalized spacial score (nSPS) is 11.2. The Hall–Kier alpha value is -2.01. The first-order valence-corrected chi connectivity index (χ1v) is 5.89. The van der Waals surface area contributed by atoms with Crippen LogP contribution in [0.3, 0.4) is 0 Å². The van der Waals surface area contributed by atoms with Gasteiger partial charge in [0.2, 0.25) is 0 Å². The van der Waals surface area contributed by atoms with Crippen molar-refractivity contribution in [2.45, 2.75) is 6.18 Å². The molecule has 20 heavy (non-hydrogen) atoms. The number of benzene rings is 2. The second-order valence-electron chi connectivity index (χ2n) is 3.88. The molecule has 0 fully saturated rings. The molecular formula is C14H8ClF3O2. The van der Waals surface area contributed by atoms with Crippen LogP contribution in [0.25, 0.3) is 0 Å². The molecule has 0 unspecified atom stereocenters. The number of ketones is 1. The van der Waals surface area contributed by atoms with E-state index in [-0.39, 0.29) is 5.75 Å². The number of alkyl halides is 3. The average Bonchev–Trinajstić information content (AvgIpc) is 2.40. The summed E-state index contributed by atoms with van der Waals surface area (Å²) in [6, 6.07) is 11.4. The van der Waals surface area contributed by atoms with Crippen LogP contribution in [0.4, 0.5) is 13.2 Å². The Bertz CT molecular complexity index is 621. The number of Topliss-reactive ketones (excluding diaryl/α,β-unsaturated/α-hetero) is 1. The van der Waals surface area contributed by atoms with Gasteiger partial charge in [-0.1, -0.05) is 23.7 Å². The van der Waals surface area contributed by atoms with Gasteiger partial charge in [-0.2, -0.15) is 13.2 Å². The summed E-state index contributed by atoms with van der Waals surface area (Å²) in [4.78, 5) is 11.0. The maximum Gasteiger partial charge on any atom is 0.454 e. The van der Waals surface area contributed by atoms with Crippen molar-refractivity contribution in [3.8, 4) is 11.5 Å². The number of carbonyl (C=O) groups is 1. The van der Waals surface area contributed by atoms with Crippen LogP contribution in [0.2, 0.25) is 5.02 Å². The van der Waals surface area contributed by atoms with E-state index in [1.807, 2.05) is 0 Å². The van der Waals surface area contributed by atoms with E-state index < -0.39 is 17.5 Å². The summed E-state index contributed by atoms with van der Waals surface area (Å²) in [6.07, 6.45) is -4.88. The molecule has 0 radical (unpaired) electrons. The van der Waals surface area contributed by atoms with E-state index in [1.165, 1.54) is 12.1 Å². The summed E-state index contributed by atoms with van der Waals surface area (Å²) in [5.74, 6) is -1.22. The van der Waals surface area contributed by atoms with Crippen molar-refractivity contribution in [2.75, 3.05) is 0 Å². The monoisotopic (exact) mass is 300 g/mol. The maximum absolute atomic E-state index is 12.2. The van der Waals surface area contributed by atoms with Crippen LogP contribution in [0.5, 0.6) is 11.5 Å². The van der Waals surface area contributed by atoms with E-state index in [1.54, 1.807) is 24.3 Å². The molecule has 0 aliphatic carbocycles. The third-order valence-electron chi connectivity index (χ3n) is 2.44. The molecule has 6 heteroatoms. The molecule has 0 spiro atoms. The van der Waals surface area contributed by atoms with Gasteiger partial charge in [-0.15, -0.1) is 0 Å². The van der Waals surface area contributed by atoms with Gasteiger partial charge < -0.3 is 4.74 Å². The summed E-state index contributed by atoms with van der Waals surface area (Å²) >= 11 is 5.89. The highest BCUT2D eigenvalue weighted by molar-refractivity contribution is 6.32. The van der Waals surface area contributed by atoms with Crippen molar-refractivity contribution in [1.82, 2.24) is 0 Å². The van der Waals surface area contributed by atoms with Crippen molar-refractivity contribution in [2.24, 2.45) is 0 Å². The van der Waals surface area contributed by atoms with Gasteiger partial charge in [0, 0.05) is 5.56 Å². The van der Waals surface area contributed by atoms with Gasteiger partial charge in [0.05, 0.1) is 5.02 Å². The Balaban J connectivity index is 2.17. The van der Waals surface area contributed by atoms with E-state index in [2.05, 4.69) is 0 Å². The van der Waals surface area contributed by atoms with E-state index >= 15 is 0 Å². The summed E-state index contributed by atoms with van der Waals surface area (Å²) in [5, 5.41) is 0.378. The lowest BCUT2D eigenvalue weighted by Crippen LogP contribution is -2.22. The van der Waals surface area contributed by atoms with Crippen molar-refractivity contribution in [3.05, 3.63) is 59.1 Å². The zero-order valence-corrected chi connectivity index (χ0v) is 10.7. The first-order valence-electron chi connectivity index (χ1n) is 5.52. The van der Waals surface area contributed by atoms with Crippen molar-refractivity contribution >= 4 is 17.4 Å². The van der Waals surface area contributed by atoms with Gasteiger partial charge in [-0.05, 0) is 36.4 Å². The standard InChI is InChI=1S/C14H8ClF3O2/c15-11-3-1-2-4-12(11)20-10-7-5-9(6-8-10)13(19)14(16,17)18/h1-8H. The molecule has 0 bridgehead atoms. The minimum absolute atomic E-state index is 0.289. The molecule has 0 aliphatic rings. The predicted octanol–water partition coefficient (Wildman–Crippen LogP) is 4.88. The Kier molecular flexibility index (Phi) is 3.99. The molecule has 2 aromatic rings. The third-order valence-corrected chi connectivity index (χ3v) is 2.75. The highest BCUT2D eigenvalue weighted by atomic mass is 35.5. The first-order chi connectivity index (χ1) is 9.38. The van der Waals surface area contributed by atoms with E-state index in [9.17, 15) is 18.0 Å². The van der Waals surface area contributed by atoms with E-state index in [0.29, 0.717) is 10.8 Å². The van der Waals surface area contributed by atoms with Gasteiger partial charge in [-0.25, -0.2) is 0 Å². The minimum atomic E-state index is -4.88. The Morgan fingerprint density at radius 3 is 2.15 bits per heavy atom. The lowest BCUT2D eigenvalue weighted by Gasteiger charge is -2.08. The number of ether oxygens (including phenoxy) is 1. The predicted molar refractivity (Wildman–Crippen MR) is 68.4 cm³/mol. The van der Waals surface area contributed by atoms with Gasteiger partial charge >= 0.3 is 6.18 Å². The number of carbonyl (C=O) groups excluding carboxylic acids is 1. The summed E-state index contributed by atoms with van der Waals surface area (Å²) in [7, 11) is 0. The topological polar surface area (TPSA) is 26.3 Å². The number of hydrogen-bond acceptors (Lipinski definition) is 2. The largest absolute Gasteiger partial charge is 0.456 e. The van der Waals surface area contributed by atoms with Crippen LogP contribution in [0.15, 0.2) is 48.5 Å². The lowest BCUT2D eigenvalue weighted by molar-refractivity contribution is -0.0885. The summed E-state index contributed by atoms with van der Waals surface area (Å²) < 4.78 is 42.1. The van der Waals surface area contributed by atoms with Crippen LogP contribution in [-0.2, 0) is 0 Å². The molecule has 0 atom stereocenters. The zero-order chi connectivity index (χ0) is 14.8. The van der Waals surface area contributed by atoms with Crippen LogP contribution < -0.4 is 4.74 Å². The van der Waals surface area contributed by atoms with Crippen molar-refractivity contribution < 1.29 is 22.7 Å². The number of para-hydroxylation sites is 1. The van der Waals surface area contributed by atoms with Crippen LogP contribution in [0.1, 0.15) is 10.4 Å².